The molecular weight excluding hydrogens is 251 g/mol. The molecule has 0 radical (unpaired) electrons. The second-order valence-electron chi connectivity index (χ2n) is 1.96. The molecule has 0 saturated carbocycles. The van der Waals surface area contributed by atoms with Crippen LogP contribution in [-0.4, -0.2) is 0 Å². The van der Waals surface area contributed by atoms with E-state index in [0.29, 0.717) is 0 Å². The maximum Gasteiger partial charge on any atom is 2.00 e. The molecule has 0 aromatic heterocycles. The predicted octanol–water partition coefficient (Wildman–Crippen LogP) is -1.39. The Labute approximate surface area is 93.6 Å². The molecule has 66 valence electrons. The molecule has 1 aromatic rings. The topological polar surface area (TPSA) is 23.1 Å². The standard InChI is InChI=1S/C8H6F2O.ClH.Zn/c9-8(10)7(11)6-4-2-1-3-5-6;;/h1-5,11H;1H;/q;;+2/p-2. The van der Waals surface area contributed by atoms with Crippen LogP contribution in [0.1, 0.15) is 5.56 Å². The molecule has 0 heterocycles. The number of hydrogen-bond acceptors (Lipinski definition) is 1. The Morgan fingerprint density at radius 2 is 1.54 bits per heavy atom. The average Bonchev–Trinajstić information content (AvgIpc) is 2.05. The van der Waals surface area contributed by atoms with E-state index in [0.717, 1.165) is 0 Å². The number of rotatable bonds is 1. The second-order valence-corrected chi connectivity index (χ2v) is 1.96. The van der Waals surface area contributed by atoms with Crippen LogP contribution in [0, 0.1) is 0 Å². The summed E-state index contributed by atoms with van der Waals surface area (Å²) in [7, 11) is 0. The summed E-state index contributed by atoms with van der Waals surface area (Å²) in [5, 5.41) is 10.6. The van der Waals surface area contributed by atoms with Crippen molar-refractivity contribution in [1.29, 1.82) is 0 Å². The molecule has 0 aliphatic rings. The zero-order valence-electron chi connectivity index (χ0n) is 6.64. The molecule has 1 nitrogen and oxygen atoms in total. The van der Waals surface area contributed by atoms with Gasteiger partial charge >= 0.3 is 19.5 Å². The van der Waals surface area contributed by atoms with Crippen LogP contribution < -0.4 is 17.5 Å². The minimum absolute atomic E-state index is 0. The third-order valence-corrected chi connectivity index (χ3v) is 1.21. The SMILES string of the molecule is [Cl-].[O-]C(=C(F)F)c1ccccc1.[Zn+2]. The Kier molecular flexibility index (Phi) is 8.08. The molecule has 5 heteroatoms. The van der Waals surface area contributed by atoms with Gasteiger partial charge in [-0.1, -0.05) is 30.3 Å². The Hall–Kier alpha value is -0.467. The fourth-order valence-corrected chi connectivity index (χ4v) is 0.699. The molecule has 0 aliphatic carbocycles. The van der Waals surface area contributed by atoms with E-state index in [2.05, 4.69) is 0 Å². The van der Waals surface area contributed by atoms with Crippen LogP contribution in [0.2, 0.25) is 0 Å². The van der Waals surface area contributed by atoms with Gasteiger partial charge in [0, 0.05) is 0 Å². The van der Waals surface area contributed by atoms with Gasteiger partial charge in [0.05, 0.1) is 0 Å². The van der Waals surface area contributed by atoms with Crippen molar-refractivity contribution in [3.05, 3.63) is 42.0 Å². The van der Waals surface area contributed by atoms with Gasteiger partial charge in [0.15, 0.2) is 0 Å². The minimum atomic E-state index is -2.17. The molecule has 0 N–H and O–H groups in total. The van der Waals surface area contributed by atoms with Crippen LogP contribution in [0.5, 0.6) is 0 Å². The molecule has 0 aliphatic heterocycles. The summed E-state index contributed by atoms with van der Waals surface area (Å²) in [4.78, 5) is 0. The van der Waals surface area contributed by atoms with E-state index >= 15 is 0 Å². The van der Waals surface area contributed by atoms with Crippen molar-refractivity contribution in [2.75, 3.05) is 0 Å². The van der Waals surface area contributed by atoms with Crippen LogP contribution in [0.25, 0.3) is 5.76 Å². The third-order valence-electron chi connectivity index (χ3n) is 1.21. The molecule has 0 fully saturated rings. The Morgan fingerprint density at radius 3 is 1.92 bits per heavy atom. The van der Waals surface area contributed by atoms with Crippen LogP contribution in [0.15, 0.2) is 36.4 Å². The second kappa shape index (κ2) is 6.99. The molecule has 0 spiro atoms. The first-order valence-electron chi connectivity index (χ1n) is 2.99. The number of hydrogen-bond donors (Lipinski definition) is 0. The first kappa shape index (κ1) is 15.0. The monoisotopic (exact) mass is 254 g/mol. The van der Waals surface area contributed by atoms with Crippen molar-refractivity contribution in [3.63, 3.8) is 0 Å². The van der Waals surface area contributed by atoms with Crippen molar-refractivity contribution >= 4 is 5.76 Å². The van der Waals surface area contributed by atoms with Gasteiger partial charge in [-0.05, 0) is 11.3 Å². The molecule has 13 heavy (non-hydrogen) atoms. The average molecular weight is 256 g/mol. The van der Waals surface area contributed by atoms with Crippen LogP contribution in [0.4, 0.5) is 8.78 Å². The summed E-state index contributed by atoms with van der Waals surface area (Å²) in [5.74, 6) is -1.20. The van der Waals surface area contributed by atoms with Gasteiger partial charge in [0.1, 0.15) is 0 Å². The number of benzene rings is 1. The zero-order chi connectivity index (χ0) is 8.27. The quantitative estimate of drug-likeness (QED) is 0.448. The molecule has 0 bridgehead atoms. The smallest absolute Gasteiger partial charge is 1.00 e. The van der Waals surface area contributed by atoms with Crippen molar-refractivity contribution in [2.24, 2.45) is 0 Å². The van der Waals surface area contributed by atoms with Gasteiger partial charge in [0.25, 0.3) is 6.08 Å². The van der Waals surface area contributed by atoms with Gasteiger partial charge in [-0.2, -0.15) is 8.78 Å². The van der Waals surface area contributed by atoms with E-state index < -0.39 is 11.8 Å². The summed E-state index contributed by atoms with van der Waals surface area (Å²) in [6, 6.07) is 7.43. The number of halogens is 3. The molecular formula is C8H5ClF2OZn. The van der Waals surface area contributed by atoms with Gasteiger partial charge in [-0.25, -0.2) is 0 Å². The fraction of sp³-hybridized carbons (Fsp3) is 0. The first-order valence-corrected chi connectivity index (χ1v) is 2.99. The Morgan fingerprint density at radius 1 is 1.08 bits per heavy atom. The Balaban J connectivity index is 0. The van der Waals surface area contributed by atoms with Crippen LogP contribution in [0.3, 0.4) is 0 Å². The van der Waals surface area contributed by atoms with E-state index in [4.69, 9.17) is 0 Å². The van der Waals surface area contributed by atoms with E-state index in [1.165, 1.54) is 24.3 Å². The first-order chi connectivity index (χ1) is 5.22. The van der Waals surface area contributed by atoms with Crippen molar-refractivity contribution in [3.8, 4) is 0 Å². The molecule has 0 saturated heterocycles. The van der Waals surface area contributed by atoms with E-state index in [9.17, 15) is 13.9 Å². The van der Waals surface area contributed by atoms with E-state index in [-0.39, 0.29) is 37.4 Å². The fourth-order valence-electron chi connectivity index (χ4n) is 0.699. The van der Waals surface area contributed by atoms with E-state index in [1.54, 1.807) is 6.07 Å². The maximum absolute atomic E-state index is 11.7. The van der Waals surface area contributed by atoms with Crippen LogP contribution >= 0.6 is 0 Å². The largest absolute Gasteiger partial charge is 2.00 e. The Bertz CT molecular complexity index is 273. The maximum atomic E-state index is 11.7. The summed E-state index contributed by atoms with van der Waals surface area (Å²) < 4.78 is 23.4. The summed E-state index contributed by atoms with van der Waals surface area (Å²) >= 11 is 0. The van der Waals surface area contributed by atoms with Crippen molar-refractivity contribution in [1.82, 2.24) is 0 Å². The summed E-state index contributed by atoms with van der Waals surface area (Å²) in [6.07, 6.45) is -2.17. The normalized spacial score (nSPS) is 7.85. The van der Waals surface area contributed by atoms with Gasteiger partial charge < -0.3 is 17.5 Å². The van der Waals surface area contributed by atoms with Crippen molar-refractivity contribution in [2.45, 2.75) is 0 Å². The molecule has 0 unspecified atom stereocenters. The zero-order valence-corrected chi connectivity index (χ0v) is 10.4. The predicted molar refractivity (Wildman–Crippen MR) is 35.6 cm³/mol. The summed E-state index contributed by atoms with van der Waals surface area (Å²) in [5.41, 5.74) is 0.0208. The third kappa shape index (κ3) is 4.34. The van der Waals surface area contributed by atoms with E-state index in [1.807, 2.05) is 0 Å². The summed E-state index contributed by atoms with van der Waals surface area (Å²) in [6.45, 7) is 0. The molecule has 1 aromatic carbocycles. The molecule has 0 amide bonds. The van der Waals surface area contributed by atoms with Gasteiger partial charge in [-0.15, -0.1) is 0 Å². The van der Waals surface area contributed by atoms with Crippen molar-refractivity contribution < 1.29 is 45.8 Å². The molecule has 0 atom stereocenters. The van der Waals surface area contributed by atoms with Crippen LogP contribution in [-0.2, 0) is 19.5 Å². The minimum Gasteiger partial charge on any atom is -1.00 e. The molecule has 1 rings (SSSR count). The van der Waals surface area contributed by atoms with Gasteiger partial charge in [0.2, 0.25) is 0 Å². The van der Waals surface area contributed by atoms with Gasteiger partial charge in [-0.3, -0.25) is 0 Å².